The number of ether oxygens (including phenoxy) is 3. The third kappa shape index (κ3) is 3.69. The lowest BCUT2D eigenvalue weighted by Gasteiger charge is -2.11. The highest BCUT2D eigenvalue weighted by atomic mass is 32.1. The Bertz CT molecular complexity index is 832. The van der Waals surface area contributed by atoms with Gasteiger partial charge in [-0.15, -0.1) is 11.3 Å². The number of methoxy groups -OCH3 is 1. The summed E-state index contributed by atoms with van der Waals surface area (Å²) < 4.78 is 15.5. The molecule has 2 heterocycles. The first-order valence-electron chi connectivity index (χ1n) is 7.61. The molecule has 0 aliphatic carbocycles. The smallest absolute Gasteiger partial charge is 0.341 e. The number of rotatable bonds is 4. The molecule has 1 aliphatic rings. The molecule has 0 unspecified atom stereocenters. The number of benzene rings is 1. The van der Waals surface area contributed by atoms with Crippen molar-refractivity contribution >= 4 is 39.6 Å². The lowest BCUT2D eigenvalue weighted by molar-refractivity contribution is 0.0601. The molecule has 2 aromatic rings. The van der Waals surface area contributed by atoms with Gasteiger partial charge in [-0.25, -0.2) is 4.79 Å². The Morgan fingerprint density at radius 3 is 2.84 bits per heavy atom. The van der Waals surface area contributed by atoms with Crippen LogP contribution in [0, 0.1) is 13.8 Å². The Morgan fingerprint density at radius 2 is 2.08 bits per heavy atom. The third-order valence-corrected chi connectivity index (χ3v) is 5.26. The normalized spacial score (nSPS) is 12.0. The van der Waals surface area contributed by atoms with E-state index in [9.17, 15) is 4.79 Å². The van der Waals surface area contributed by atoms with Gasteiger partial charge >= 0.3 is 5.97 Å². The van der Waals surface area contributed by atoms with Crippen LogP contribution in [0.4, 0.5) is 5.00 Å². The van der Waals surface area contributed by atoms with Gasteiger partial charge in [-0.1, -0.05) is 6.07 Å². The summed E-state index contributed by atoms with van der Waals surface area (Å²) >= 11 is 6.82. The third-order valence-electron chi connectivity index (χ3n) is 3.89. The van der Waals surface area contributed by atoms with E-state index in [0.29, 0.717) is 22.2 Å². The molecule has 3 rings (SSSR count). The van der Waals surface area contributed by atoms with Crippen LogP contribution in [0.5, 0.6) is 11.5 Å². The number of nitrogens with one attached hydrogen (secondary N) is 2. The molecule has 0 bridgehead atoms. The first-order valence-corrected chi connectivity index (χ1v) is 8.83. The van der Waals surface area contributed by atoms with E-state index in [1.165, 1.54) is 18.4 Å². The second-order valence-corrected chi connectivity index (χ2v) is 7.11. The van der Waals surface area contributed by atoms with E-state index in [4.69, 9.17) is 26.4 Å². The summed E-state index contributed by atoms with van der Waals surface area (Å²) in [4.78, 5) is 13.0. The van der Waals surface area contributed by atoms with Crippen molar-refractivity contribution in [2.24, 2.45) is 0 Å². The highest BCUT2D eigenvalue weighted by Crippen LogP contribution is 2.33. The van der Waals surface area contributed by atoms with Crippen molar-refractivity contribution in [2.75, 3.05) is 19.2 Å². The minimum Gasteiger partial charge on any atom is -0.465 e. The number of thiocarbonyl (C=S) groups is 1. The molecule has 0 spiro atoms. The van der Waals surface area contributed by atoms with Crippen molar-refractivity contribution in [1.29, 1.82) is 0 Å². The second kappa shape index (κ2) is 7.28. The number of carbonyl (C=O) groups is 1. The van der Waals surface area contributed by atoms with Crippen LogP contribution in [0.25, 0.3) is 0 Å². The fourth-order valence-electron chi connectivity index (χ4n) is 2.44. The largest absolute Gasteiger partial charge is 0.465 e. The van der Waals surface area contributed by atoms with Crippen LogP contribution in [0.1, 0.15) is 26.4 Å². The predicted molar refractivity (Wildman–Crippen MR) is 101 cm³/mol. The summed E-state index contributed by atoms with van der Waals surface area (Å²) in [6.45, 7) is 4.63. The van der Waals surface area contributed by atoms with Gasteiger partial charge in [0.25, 0.3) is 0 Å². The Balaban J connectivity index is 1.65. The van der Waals surface area contributed by atoms with Crippen LogP contribution in [0.3, 0.4) is 0 Å². The van der Waals surface area contributed by atoms with Gasteiger partial charge in [0.1, 0.15) is 5.00 Å². The van der Waals surface area contributed by atoms with E-state index < -0.39 is 0 Å². The van der Waals surface area contributed by atoms with Crippen molar-refractivity contribution < 1.29 is 19.0 Å². The molecule has 1 aliphatic heterocycles. The molecular weight excluding hydrogens is 360 g/mol. The number of anilines is 1. The quantitative estimate of drug-likeness (QED) is 0.624. The van der Waals surface area contributed by atoms with Gasteiger partial charge < -0.3 is 24.8 Å². The number of hydrogen-bond acceptors (Lipinski definition) is 6. The van der Waals surface area contributed by atoms with Crippen LogP contribution < -0.4 is 20.1 Å². The predicted octanol–water partition coefficient (Wildman–Crippen LogP) is 3.37. The molecule has 0 fully saturated rings. The van der Waals surface area contributed by atoms with Crippen molar-refractivity contribution in [2.45, 2.75) is 20.4 Å². The maximum atomic E-state index is 12.0. The summed E-state index contributed by atoms with van der Waals surface area (Å²) in [6.07, 6.45) is 0. The minimum absolute atomic E-state index is 0.250. The SMILES string of the molecule is COC(=O)c1c(NC(=S)NCc2ccc3c(c2)OCO3)sc(C)c1C. The standard InChI is InChI=1S/C17H18N2O4S2/c1-9-10(2)25-15(14(9)16(20)21-3)19-17(24)18-7-11-4-5-12-13(6-11)23-8-22-12/h4-6H,7-8H2,1-3H3,(H2,18,19,24). The maximum Gasteiger partial charge on any atom is 0.341 e. The summed E-state index contributed by atoms with van der Waals surface area (Å²) in [7, 11) is 1.37. The van der Waals surface area contributed by atoms with Crippen LogP contribution in [0.15, 0.2) is 18.2 Å². The fraction of sp³-hybridized carbons (Fsp3) is 0.294. The zero-order chi connectivity index (χ0) is 18.0. The van der Waals surface area contributed by atoms with Gasteiger partial charge in [0.15, 0.2) is 16.6 Å². The van der Waals surface area contributed by atoms with Gasteiger partial charge in [0.2, 0.25) is 6.79 Å². The van der Waals surface area contributed by atoms with E-state index in [0.717, 1.165) is 27.5 Å². The molecular formula is C17H18N2O4S2. The molecule has 0 saturated heterocycles. The van der Waals surface area contributed by atoms with Crippen molar-refractivity contribution in [1.82, 2.24) is 5.32 Å². The van der Waals surface area contributed by atoms with Gasteiger partial charge in [-0.2, -0.15) is 0 Å². The summed E-state index contributed by atoms with van der Waals surface area (Å²) in [5.74, 6) is 1.11. The fourth-order valence-corrected chi connectivity index (χ4v) is 3.74. The Labute approximate surface area is 155 Å². The van der Waals surface area contributed by atoms with Crippen molar-refractivity contribution in [3.8, 4) is 11.5 Å². The molecule has 1 aromatic carbocycles. The summed E-state index contributed by atoms with van der Waals surface area (Å²) in [5.41, 5.74) is 2.44. The van der Waals surface area contributed by atoms with E-state index in [-0.39, 0.29) is 12.8 Å². The van der Waals surface area contributed by atoms with Gasteiger partial charge in [0.05, 0.1) is 12.7 Å². The minimum atomic E-state index is -0.372. The van der Waals surface area contributed by atoms with E-state index in [1.807, 2.05) is 32.0 Å². The first-order chi connectivity index (χ1) is 12.0. The Hall–Kier alpha value is -2.32. The number of carbonyl (C=O) groups excluding carboxylic acids is 1. The molecule has 0 atom stereocenters. The molecule has 25 heavy (non-hydrogen) atoms. The lowest BCUT2D eigenvalue weighted by Crippen LogP contribution is -2.28. The number of esters is 1. The van der Waals surface area contributed by atoms with Crippen molar-refractivity contribution in [3.05, 3.63) is 39.8 Å². The summed E-state index contributed by atoms with van der Waals surface area (Å²) in [6, 6.07) is 5.73. The van der Waals surface area contributed by atoms with Crippen LogP contribution in [-0.2, 0) is 11.3 Å². The highest BCUT2D eigenvalue weighted by Gasteiger charge is 2.20. The topological polar surface area (TPSA) is 68.8 Å². The molecule has 0 amide bonds. The zero-order valence-electron chi connectivity index (χ0n) is 14.1. The average Bonchev–Trinajstić information content (AvgIpc) is 3.17. The molecule has 132 valence electrons. The number of fused-ring (bicyclic) bond motifs is 1. The molecule has 6 nitrogen and oxygen atoms in total. The van der Waals surface area contributed by atoms with Gasteiger partial charge in [-0.05, 0) is 49.3 Å². The van der Waals surface area contributed by atoms with Crippen LogP contribution >= 0.6 is 23.6 Å². The van der Waals surface area contributed by atoms with Gasteiger partial charge in [0, 0.05) is 11.4 Å². The maximum absolute atomic E-state index is 12.0. The Kier molecular flexibility index (Phi) is 5.10. The molecule has 8 heteroatoms. The van der Waals surface area contributed by atoms with E-state index >= 15 is 0 Å². The monoisotopic (exact) mass is 378 g/mol. The lowest BCUT2D eigenvalue weighted by atomic mass is 10.1. The highest BCUT2D eigenvalue weighted by molar-refractivity contribution is 7.80. The number of aryl methyl sites for hydroxylation is 1. The van der Waals surface area contributed by atoms with Crippen molar-refractivity contribution in [3.63, 3.8) is 0 Å². The number of thiophene rings is 1. The summed E-state index contributed by atoms with van der Waals surface area (Å²) in [5, 5.41) is 7.34. The van der Waals surface area contributed by atoms with Gasteiger partial charge in [-0.3, -0.25) is 0 Å². The molecule has 0 radical (unpaired) electrons. The van der Waals surface area contributed by atoms with E-state index in [2.05, 4.69) is 10.6 Å². The molecule has 2 N–H and O–H groups in total. The van der Waals surface area contributed by atoms with E-state index in [1.54, 1.807) is 0 Å². The number of hydrogen-bond donors (Lipinski definition) is 2. The van der Waals surface area contributed by atoms with Crippen LogP contribution in [0.2, 0.25) is 0 Å². The van der Waals surface area contributed by atoms with Crippen LogP contribution in [-0.4, -0.2) is 25.0 Å². The second-order valence-electron chi connectivity index (χ2n) is 5.47. The average molecular weight is 378 g/mol. The molecule has 0 saturated carbocycles. The molecule has 1 aromatic heterocycles. The Morgan fingerprint density at radius 1 is 1.32 bits per heavy atom. The zero-order valence-corrected chi connectivity index (χ0v) is 15.7. The first kappa shape index (κ1) is 17.5.